The van der Waals surface area contributed by atoms with Gasteiger partial charge in [-0.05, 0) is 51.9 Å². The van der Waals surface area contributed by atoms with Gasteiger partial charge in [0, 0.05) is 25.4 Å². The van der Waals surface area contributed by atoms with Crippen LogP contribution in [-0.4, -0.2) is 40.3 Å². The van der Waals surface area contributed by atoms with Crippen LogP contribution in [-0.2, 0) is 12.6 Å². The van der Waals surface area contributed by atoms with Gasteiger partial charge in [0.25, 0.3) is 0 Å². The van der Waals surface area contributed by atoms with Crippen LogP contribution in [0.15, 0.2) is 35.2 Å². The fraction of sp³-hybridized carbons (Fsp3) is 0.556. The molecule has 7 nitrogen and oxygen atoms in total. The van der Waals surface area contributed by atoms with Crippen molar-refractivity contribution in [1.29, 1.82) is 0 Å². The second kappa shape index (κ2) is 7.31. The van der Waals surface area contributed by atoms with Gasteiger partial charge in [-0.2, -0.15) is 5.10 Å². The topological polar surface area (TPSA) is 75.3 Å². The molecule has 0 bridgehead atoms. The van der Waals surface area contributed by atoms with Gasteiger partial charge in [-0.15, -0.1) is 0 Å². The van der Waals surface area contributed by atoms with E-state index < -0.39 is 5.54 Å². The maximum Gasteiger partial charge on any atom is 0.315 e. The SMILES string of the molecule is Cn1cc(C(C)(C)NC(=O)NC[C@H](c2ccco2)N2CCCC2)cn1. The van der Waals surface area contributed by atoms with Gasteiger partial charge in [0.2, 0.25) is 0 Å². The third-order valence-electron chi connectivity index (χ3n) is 4.76. The number of rotatable bonds is 6. The van der Waals surface area contributed by atoms with Crippen molar-refractivity contribution >= 4 is 6.03 Å². The lowest BCUT2D eigenvalue weighted by Crippen LogP contribution is -2.48. The molecule has 0 unspecified atom stereocenters. The van der Waals surface area contributed by atoms with Crippen LogP contribution >= 0.6 is 0 Å². The molecule has 7 heteroatoms. The van der Waals surface area contributed by atoms with Gasteiger partial charge >= 0.3 is 6.03 Å². The molecule has 136 valence electrons. The highest BCUT2D eigenvalue weighted by Gasteiger charge is 2.28. The van der Waals surface area contributed by atoms with Crippen LogP contribution < -0.4 is 10.6 Å². The molecule has 2 N–H and O–H groups in total. The quantitative estimate of drug-likeness (QED) is 0.843. The average Bonchev–Trinajstić information content (AvgIpc) is 3.29. The largest absolute Gasteiger partial charge is 0.468 e. The fourth-order valence-electron chi connectivity index (χ4n) is 3.28. The number of urea groups is 1. The van der Waals surface area contributed by atoms with Crippen molar-refractivity contribution in [3.8, 4) is 0 Å². The zero-order valence-electron chi connectivity index (χ0n) is 15.2. The van der Waals surface area contributed by atoms with E-state index in [-0.39, 0.29) is 12.1 Å². The number of likely N-dealkylation sites (tertiary alicyclic amines) is 1. The first-order valence-corrected chi connectivity index (χ1v) is 8.78. The van der Waals surface area contributed by atoms with Crippen LogP contribution in [0.4, 0.5) is 4.79 Å². The number of hydrogen-bond acceptors (Lipinski definition) is 4. The Balaban J connectivity index is 1.59. The molecule has 0 aliphatic carbocycles. The number of amides is 2. The lowest BCUT2D eigenvalue weighted by molar-refractivity contribution is 0.199. The van der Waals surface area contributed by atoms with Crippen molar-refractivity contribution in [2.75, 3.05) is 19.6 Å². The monoisotopic (exact) mass is 345 g/mol. The smallest absolute Gasteiger partial charge is 0.315 e. The van der Waals surface area contributed by atoms with Gasteiger partial charge < -0.3 is 15.1 Å². The van der Waals surface area contributed by atoms with Gasteiger partial charge in [0.05, 0.1) is 24.0 Å². The Labute approximate surface area is 148 Å². The summed E-state index contributed by atoms with van der Waals surface area (Å²) in [6, 6.07) is 3.75. The molecule has 1 saturated heterocycles. The van der Waals surface area contributed by atoms with Gasteiger partial charge in [-0.1, -0.05) is 0 Å². The van der Waals surface area contributed by atoms with Crippen LogP contribution in [0.1, 0.15) is 44.1 Å². The van der Waals surface area contributed by atoms with Crippen LogP contribution in [0.2, 0.25) is 0 Å². The zero-order chi connectivity index (χ0) is 17.9. The molecule has 3 rings (SSSR count). The highest BCUT2D eigenvalue weighted by Crippen LogP contribution is 2.25. The first-order chi connectivity index (χ1) is 12.0. The Bertz CT molecular complexity index is 686. The molecular weight excluding hydrogens is 318 g/mol. The Morgan fingerprint density at radius 2 is 2.16 bits per heavy atom. The van der Waals surface area contributed by atoms with E-state index in [0.29, 0.717) is 6.54 Å². The third kappa shape index (κ3) is 4.22. The molecule has 1 aliphatic rings. The number of furan rings is 1. The number of aryl methyl sites for hydroxylation is 1. The number of carbonyl (C=O) groups is 1. The highest BCUT2D eigenvalue weighted by atomic mass is 16.3. The maximum atomic E-state index is 12.4. The van der Waals surface area contributed by atoms with Crippen molar-refractivity contribution in [3.05, 3.63) is 42.1 Å². The van der Waals surface area contributed by atoms with E-state index in [9.17, 15) is 4.79 Å². The van der Waals surface area contributed by atoms with Crippen LogP contribution in [0, 0.1) is 0 Å². The molecule has 3 heterocycles. The predicted molar refractivity (Wildman–Crippen MR) is 95.0 cm³/mol. The van der Waals surface area contributed by atoms with Crippen molar-refractivity contribution in [1.82, 2.24) is 25.3 Å². The average molecular weight is 345 g/mol. The maximum absolute atomic E-state index is 12.4. The molecule has 2 amide bonds. The summed E-state index contributed by atoms with van der Waals surface area (Å²) >= 11 is 0. The minimum atomic E-state index is -0.494. The van der Waals surface area contributed by atoms with E-state index in [2.05, 4.69) is 20.6 Å². The summed E-state index contributed by atoms with van der Waals surface area (Å²) in [6.45, 7) is 6.52. The lowest BCUT2D eigenvalue weighted by atomic mass is 9.98. The standard InChI is InChI=1S/C18H27N5O2/c1-18(2,14-11-20-22(3)13-14)21-17(24)19-12-15(16-7-6-10-25-16)23-8-4-5-9-23/h6-7,10-11,13,15H,4-5,8-9,12H2,1-3H3,(H2,19,21,24)/t15-/m1/s1. The molecule has 1 fully saturated rings. The molecule has 2 aromatic heterocycles. The predicted octanol–water partition coefficient (Wildman–Crippen LogP) is 2.38. The summed E-state index contributed by atoms with van der Waals surface area (Å²) in [6.07, 6.45) is 7.76. The van der Waals surface area contributed by atoms with Crippen molar-refractivity contribution in [2.45, 2.75) is 38.3 Å². The van der Waals surface area contributed by atoms with Gasteiger partial charge in [0.1, 0.15) is 5.76 Å². The van der Waals surface area contributed by atoms with E-state index in [1.165, 1.54) is 12.8 Å². The Morgan fingerprint density at radius 1 is 1.40 bits per heavy atom. The van der Waals surface area contributed by atoms with Gasteiger partial charge in [-0.3, -0.25) is 9.58 Å². The Hall–Kier alpha value is -2.28. The van der Waals surface area contributed by atoms with E-state index in [1.807, 2.05) is 39.2 Å². The molecule has 0 radical (unpaired) electrons. The van der Waals surface area contributed by atoms with Crippen LogP contribution in [0.5, 0.6) is 0 Å². The molecule has 0 spiro atoms. The molecular formula is C18H27N5O2. The molecule has 2 aromatic rings. The van der Waals surface area contributed by atoms with Crippen molar-refractivity contribution < 1.29 is 9.21 Å². The van der Waals surface area contributed by atoms with Crippen LogP contribution in [0.3, 0.4) is 0 Å². The number of nitrogens with one attached hydrogen (secondary N) is 2. The van der Waals surface area contributed by atoms with E-state index in [0.717, 1.165) is 24.4 Å². The van der Waals surface area contributed by atoms with E-state index >= 15 is 0 Å². The third-order valence-corrected chi connectivity index (χ3v) is 4.76. The summed E-state index contributed by atoms with van der Waals surface area (Å²) in [5.74, 6) is 0.897. The molecule has 1 aliphatic heterocycles. The Morgan fingerprint density at radius 3 is 2.76 bits per heavy atom. The molecule has 0 saturated carbocycles. The number of aromatic nitrogens is 2. The highest BCUT2D eigenvalue weighted by molar-refractivity contribution is 5.75. The van der Waals surface area contributed by atoms with E-state index in [1.54, 1.807) is 17.1 Å². The second-order valence-corrected chi connectivity index (χ2v) is 7.14. The first-order valence-electron chi connectivity index (χ1n) is 8.78. The number of carbonyl (C=O) groups excluding carboxylic acids is 1. The van der Waals surface area contributed by atoms with Crippen molar-refractivity contribution in [2.24, 2.45) is 7.05 Å². The molecule has 0 aromatic carbocycles. The Kier molecular flexibility index (Phi) is 5.13. The van der Waals surface area contributed by atoms with Crippen LogP contribution in [0.25, 0.3) is 0 Å². The fourth-order valence-corrected chi connectivity index (χ4v) is 3.28. The summed E-state index contributed by atoms with van der Waals surface area (Å²) in [5.41, 5.74) is 0.471. The minimum Gasteiger partial charge on any atom is -0.468 e. The van der Waals surface area contributed by atoms with Gasteiger partial charge in [-0.25, -0.2) is 4.79 Å². The summed E-state index contributed by atoms with van der Waals surface area (Å²) in [5, 5.41) is 10.2. The second-order valence-electron chi connectivity index (χ2n) is 7.14. The van der Waals surface area contributed by atoms with Gasteiger partial charge in [0.15, 0.2) is 0 Å². The molecule has 25 heavy (non-hydrogen) atoms. The lowest BCUT2D eigenvalue weighted by Gasteiger charge is -2.28. The minimum absolute atomic E-state index is 0.0738. The summed E-state index contributed by atoms with van der Waals surface area (Å²) < 4.78 is 7.32. The zero-order valence-corrected chi connectivity index (χ0v) is 15.2. The summed E-state index contributed by atoms with van der Waals surface area (Å²) in [7, 11) is 1.86. The first kappa shape index (κ1) is 17.5. The number of hydrogen-bond donors (Lipinski definition) is 2. The van der Waals surface area contributed by atoms with Crippen molar-refractivity contribution in [3.63, 3.8) is 0 Å². The normalized spacial score (nSPS) is 16.8. The summed E-state index contributed by atoms with van der Waals surface area (Å²) in [4.78, 5) is 14.8. The molecule has 1 atom stereocenters. The van der Waals surface area contributed by atoms with E-state index in [4.69, 9.17) is 4.42 Å². The number of nitrogens with zero attached hydrogens (tertiary/aromatic N) is 3.